The molecule has 24 heavy (non-hydrogen) atoms. The Morgan fingerprint density at radius 2 is 1.67 bits per heavy atom. The Morgan fingerprint density at radius 3 is 2.29 bits per heavy atom. The quantitative estimate of drug-likeness (QED) is 0.926. The maximum absolute atomic E-state index is 12.5. The molecule has 0 atom stereocenters. The lowest BCUT2D eigenvalue weighted by molar-refractivity contribution is -0.136. The minimum absolute atomic E-state index is 0.00123. The maximum atomic E-state index is 12.5. The van der Waals surface area contributed by atoms with Crippen molar-refractivity contribution in [1.82, 2.24) is 10.2 Å². The van der Waals surface area contributed by atoms with E-state index in [1.807, 2.05) is 36.9 Å². The zero-order valence-electron chi connectivity index (χ0n) is 14.8. The summed E-state index contributed by atoms with van der Waals surface area (Å²) in [6, 6.07) is 6.00. The number of rotatable bonds is 3. The fraction of sp³-hybridized carbons (Fsp3) is 0.600. The van der Waals surface area contributed by atoms with Crippen molar-refractivity contribution in [3.8, 4) is 0 Å². The van der Waals surface area contributed by atoms with Crippen LogP contribution in [0.2, 0.25) is 0 Å². The van der Waals surface area contributed by atoms with E-state index >= 15 is 0 Å². The van der Waals surface area contributed by atoms with Crippen molar-refractivity contribution < 1.29 is 9.59 Å². The molecule has 1 aromatic carbocycles. The largest absolute Gasteiger partial charge is 0.349 e. The summed E-state index contributed by atoms with van der Waals surface area (Å²) in [6.45, 7) is 5.62. The highest BCUT2D eigenvalue weighted by atomic mass is 16.2. The average Bonchev–Trinajstić information content (AvgIpc) is 3.12. The van der Waals surface area contributed by atoms with Gasteiger partial charge in [0, 0.05) is 30.6 Å². The number of nitrogens with one attached hydrogen (secondary N) is 1. The van der Waals surface area contributed by atoms with Crippen molar-refractivity contribution in [2.75, 3.05) is 13.1 Å². The van der Waals surface area contributed by atoms with Gasteiger partial charge >= 0.3 is 0 Å². The molecule has 1 aliphatic heterocycles. The Kier molecular flexibility index (Phi) is 5.22. The number of benzene rings is 1. The van der Waals surface area contributed by atoms with Gasteiger partial charge in [-0.3, -0.25) is 9.59 Å². The number of aryl methyl sites for hydroxylation is 2. The molecule has 1 heterocycles. The van der Waals surface area contributed by atoms with Gasteiger partial charge in [-0.25, -0.2) is 0 Å². The van der Waals surface area contributed by atoms with Crippen LogP contribution in [-0.2, 0) is 4.79 Å². The standard InChI is InChI=1S/C20H28N2O2/c1-14-7-8-17(13-15(14)2)19(23)21-18-9-11-22(12-10-18)20(24)16-5-3-4-6-16/h7-8,13,16,18H,3-6,9-12H2,1-2H3,(H,21,23). The summed E-state index contributed by atoms with van der Waals surface area (Å²) in [5, 5.41) is 3.13. The summed E-state index contributed by atoms with van der Waals surface area (Å²) in [5.41, 5.74) is 3.06. The van der Waals surface area contributed by atoms with E-state index in [4.69, 9.17) is 0 Å². The number of carbonyl (C=O) groups is 2. The summed E-state index contributed by atoms with van der Waals surface area (Å²) in [4.78, 5) is 26.9. The summed E-state index contributed by atoms with van der Waals surface area (Å²) in [5.74, 6) is 0.594. The van der Waals surface area contributed by atoms with E-state index in [1.54, 1.807) is 0 Å². The lowest BCUT2D eigenvalue weighted by Gasteiger charge is -2.34. The number of nitrogens with zero attached hydrogens (tertiary/aromatic N) is 1. The molecule has 3 rings (SSSR count). The van der Waals surface area contributed by atoms with Crippen LogP contribution in [0, 0.1) is 19.8 Å². The number of carbonyl (C=O) groups excluding carboxylic acids is 2. The molecule has 4 nitrogen and oxygen atoms in total. The van der Waals surface area contributed by atoms with Crippen molar-refractivity contribution >= 4 is 11.8 Å². The first-order valence-electron chi connectivity index (χ1n) is 9.21. The number of likely N-dealkylation sites (tertiary alicyclic amines) is 1. The molecule has 0 spiro atoms. The van der Waals surface area contributed by atoms with Gasteiger partial charge in [0.15, 0.2) is 0 Å². The molecule has 4 heteroatoms. The van der Waals surface area contributed by atoms with Gasteiger partial charge in [-0.1, -0.05) is 18.9 Å². The molecule has 2 fully saturated rings. The summed E-state index contributed by atoms with van der Waals surface area (Å²) in [6.07, 6.45) is 6.21. The molecule has 1 aliphatic carbocycles. The van der Waals surface area contributed by atoms with Gasteiger partial charge in [-0.05, 0) is 62.8 Å². The smallest absolute Gasteiger partial charge is 0.251 e. The Bertz CT molecular complexity index is 612. The summed E-state index contributed by atoms with van der Waals surface area (Å²) >= 11 is 0. The Hall–Kier alpha value is -1.84. The SMILES string of the molecule is Cc1ccc(C(=O)NC2CCN(C(=O)C3CCCC3)CC2)cc1C. The number of piperidine rings is 1. The highest BCUT2D eigenvalue weighted by Crippen LogP contribution is 2.27. The number of hydrogen-bond acceptors (Lipinski definition) is 2. The van der Waals surface area contributed by atoms with Gasteiger partial charge in [-0.15, -0.1) is 0 Å². The first kappa shape index (κ1) is 17.0. The second-order valence-corrected chi connectivity index (χ2v) is 7.35. The zero-order chi connectivity index (χ0) is 17.1. The van der Waals surface area contributed by atoms with E-state index in [9.17, 15) is 9.59 Å². The van der Waals surface area contributed by atoms with Crippen LogP contribution in [0.1, 0.15) is 60.0 Å². The summed E-state index contributed by atoms with van der Waals surface area (Å²) < 4.78 is 0. The molecular weight excluding hydrogens is 300 g/mol. The van der Waals surface area contributed by atoms with Gasteiger partial charge in [-0.2, -0.15) is 0 Å². The van der Waals surface area contributed by atoms with Gasteiger partial charge < -0.3 is 10.2 Å². The molecule has 2 amide bonds. The fourth-order valence-electron chi connectivity index (χ4n) is 3.83. The molecule has 0 bridgehead atoms. The highest BCUT2D eigenvalue weighted by Gasteiger charge is 2.30. The molecule has 1 saturated heterocycles. The zero-order valence-corrected chi connectivity index (χ0v) is 14.8. The number of amides is 2. The van der Waals surface area contributed by atoms with Crippen LogP contribution in [0.25, 0.3) is 0 Å². The molecule has 0 unspecified atom stereocenters. The van der Waals surface area contributed by atoms with Gasteiger partial charge in [0.1, 0.15) is 0 Å². The molecular formula is C20H28N2O2. The third-order valence-corrected chi connectivity index (χ3v) is 5.62. The Morgan fingerprint density at radius 1 is 1.00 bits per heavy atom. The first-order valence-corrected chi connectivity index (χ1v) is 9.21. The van der Waals surface area contributed by atoms with Gasteiger partial charge in [0.2, 0.25) is 5.91 Å². The minimum Gasteiger partial charge on any atom is -0.349 e. The van der Waals surface area contributed by atoms with Crippen molar-refractivity contribution in [3.63, 3.8) is 0 Å². The predicted molar refractivity (Wildman–Crippen MR) is 94.9 cm³/mol. The molecule has 0 radical (unpaired) electrons. The Balaban J connectivity index is 1.50. The molecule has 1 aromatic rings. The fourth-order valence-corrected chi connectivity index (χ4v) is 3.83. The maximum Gasteiger partial charge on any atom is 0.251 e. The third-order valence-electron chi connectivity index (χ3n) is 5.62. The normalized spacial score (nSPS) is 19.5. The van der Waals surface area contributed by atoms with Crippen LogP contribution in [0.3, 0.4) is 0 Å². The topological polar surface area (TPSA) is 49.4 Å². The van der Waals surface area contributed by atoms with E-state index in [-0.39, 0.29) is 17.9 Å². The van der Waals surface area contributed by atoms with Crippen LogP contribution in [0.4, 0.5) is 0 Å². The third kappa shape index (κ3) is 3.80. The number of hydrogen-bond donors (Lipinski definition) is 1. The van der Waals surface area contributed by atoms with E-state index in [0.29, 0.717) is 5.91 Å². The van der Waals surface area contributed by atoms with Gasteiger partial charge in [0.25, 0.3) is 5.91 Å². The van der Waals surface area contributed by atoms with Crippen LogP contribution in [0.5, 0.6) is 0 Å². The summed E-state index contributed by atoms with van der Waals surface area (Å²) in [7, 11) is 0. The van der Waals surface area contributed by atoms with Gasteiger partial charge in [0.05, 0.1) is 0 Å². The van der Waals surface area contributed by atoms with Crippen molar-refractivity contribution in [2.24, 2.45) is 5.92 Å². The molecule has 2 aliphatic rings. The van der Waals surface area contributed by atoms with Crippen LogP contribution in [0.15, 0.2) is 18.2 Å². The molecule has 1 saturated carbocycles. The van der Waals surface area contributed by atoms with Crippen LogP contribution in [-0.4, -0.2) is 35.8 Å². The van der Waals surface area contributed by atoms with Crippen molar-refractivity contribution in [3.05, 3.63) is 34.9 Å². The van der Waals surface area contributed by atoms with Crippen molar-refractivity contribution in [1.29, 1.82) is 0 Å². The second-order valence-electron chi connectivity index (χ2n) is 7.35. The van der Waals surface area contributed by atoms with Crippen molar-refractivity contribution in [2.45, 2.75) is 58.4 Å². The molecule has 1 N–H and O–H groups in total. The second kappa shape index (κ2) is 7.37. The van der Waals surface area contributed by atoms with E-state index < -0.39 is 0 Å². The molecule has 0 aromatic heterocycles. The minimum atomic E-state index is -0.00123. The average molecular weight is 328 g/mol. The lowest BCUT2D eigenvalue weighted by atomic mass is 10.0. The monoisotopic (exact) mass is 328 g/mol. The Labute approximate surface area is 144 Å². The van der Waals surface area contributed by atoms with E-state index in [2.05, 4.69) is 5.32 Å². The van der Waals surface area contributed by atoms with E-state index in [1.165, 1.54) is 18.4 Å². The molecule has 130 valence electrons. The first-order chi connectivity index (χ1) is 11.5. The lowest BCUT2D eigenvalue weighted by Crippen LogP contribution is -2.47. The van der Waals surface area contributed by atoms with Crippen LogP contribution < -0.4 is 5.32 Å². The predicted octanol–water partition coefficient (Wildman–Crippen LogP) is 3.21. The van der Waals surface area contributed by atoms with E-state index in [0.717, 1.165) is 49.9 Å². The van der Waals surface area contributed by atoms with Crippen LogP contribution >= 0.6 is 0 Å². The highest BCUT2D eigenvalue weighted by molar-refractivity contribution is 5.94.